The molecule has 0 radical (unpaired) electrons. The molecule has 0 bridgehead atoms. The molecule has 0 aromatic heterocycles. The second kappa shape index (κ2) is 6.79. The van der Waals surface area contributed by atoms with E-state index in [9.17, 15) is 18.3 Å². The minimum absolute atomic E-state index is 0.148. The molecule has 0 saturated heterocycles. The lowest BCUT2D eigenvalue weighted by atomic mass is 9.86. The van der Waals surface area contributed by atoms with Crippen LogP contribution < -0.4 is 5.73 Å². The van der Waals surface area contributed by atoms with Gasteiger partial charge in [0.15, 0.2) is 0 Å². The van der Waals surface area contributed by atoms with Crippen molar-refractivity contribution in [3.05, 3.63) is 35.4 Å². The Kier molecular flexibility index (Phi) is 5.27. The van der Waals surface area contributed by atoms with Crippen molar-refractivity contribution in [3.63, 3.8) is 0 Å². The first-order valence-corrected chi connectivity index (χ1v) is 7.47. The molecule has 2 unspecified atom stereocenters. The Hall–Kier alpha value is -1.07. The third-order valence-corrected chi connectivity index (χ3v) is 4.41. The van der Waals surface area contributed by atoms with Crippen molar-refractivity contribution in [2.75, 3.05) is 6.54 Å². The van der Waals surface area contributed by atoms with E-state index in [4.69, 9.17) is 5.73 Å². The minimum Gasteiger partial charge on any atom is -0.392 e. The Labute approximate surface area is 123 Å². The van der Waals surface area contributed by atoms with Gasteiger partial charge in [0.1, 0.15) is 0 Å². The van der Waals surface area contributed by atoms with E-state index in [2.05, 4.69) is 0 Å². The highest BCUT2D eigenvalue weighted by atomic mass is 19.4. The SMILES string of the molecule is NCC(c1cccc(C(F)(F)F)c1)C(O)CC1CCCC1. The summed E-state index contributed by atoms with van der Waals surface area (Å²) in [5.41, 5.74) is 5.48. The van der Waals surface area contributed by atoms with Crippen LogP contribution in [0.3, 0.4) is 0 Å². The first-order valence-electron chi connectivity index (χ1n) is 7.47. The molecule has 2 atom stereocenters. The number of aliphatic hydroxyl groups excluding tert-OH is 1. The van der Waals surface area contributed by atoms with Crippen LogP contribution in [0.5, 0.6) is 0 Å². The lowest BCUT2D eigenvalue weighted by molar-refractivity contribution is -0.137. The molecule has 1 fully saturated rings. The lowest BCUT2D eigenvalue weighted by Gasteiger charge is -2.25. The van der Waals surface area contributed by atoms with E-state index in [0.717, 1.165) is 25.0 Å². The van der Waals surface area contributed by atoms with Crippen molar-refractivity contribution in [2.24, 2.45) is 11.7 Å². The van der Waals surface area contributed by atoms with Crippen molar-refractivity contribution in [3.8, 4) is 0 Å². The zero-order chi connectivity index (χ0) is 15.5. The Morgan fingerprint density at radius 3 is 2.48 bits per heavy atom. The van der Waals surface area contributed by atoms with Crippen molar-refractivity contribution < 1.29 is 18.3 Å². The molecular formula is C16H22F3NO. The monoisotopic (exact) mass is 301 g/mol. The zero-order valence-electron chi connectivity index (χ0n) is 11.9. The highest BCUT2D eigenvalue weighted by Gasteiger charge is 2.32. The smallest absolute Gasteiger partial charge is 0.392 e. The molecule has 2 nitrogen and oxygen atoms in total. The van der Waals surface area contributed by atoms with Gasteiger partial charge in [0, 0.05) is 12.5 Å². The van der Waals surface area contributed by atoms with Gasteiger partial charge in [-0.15, -0.1) is 0 Å². The number of hydrogen-bond acceptors (Lipinski definition) is 2. The molecule has 1 aromatic carbocycles. The third kappa shape index (κ3) is 4.20. The third-order valence-electron chi connectivity index (χ3n) is 4.41. The van der Waals surface area contributed by atoms with Gasteiger partial charge in [-0.1, -0.05) is 43.9 Å². The molecule has 1 aromatic rings. The molecule has 5 heteroatoms. The fraction of sp³-hybridized carbons (Fsp3) is 0.625. The Balaban J connectivity index is 2.12. The molecule has 2 rings (SSSR count). The van der Waals surface area contributed by atoms with Crippen LogP contribution in [-0.4, -0.2) is 17.8 Å². The van der Waals surface area contributed by atoms with Crippen molar-refractivity contribution in [1.29, 1.82) is 0 Å². The number of nitrogens with two attached hydrogens (primary N) is 1. The Morgan fingerprint density at radius 1 is 1.24 bits per heavy atom. The van der Waals surface area contributed by atoms with E-state index < -0.39 is 23.8 Å². The normalized spacial score (nSPS) is 19.7. The molecule has 118 valence electrons. The van der Waals surface area contributed by atoms with Gasteiger partial charge in [-0.25, -0.2) is 0 Å². The largest absolute Gasteiger partial charge is 0.416 e. The van der Waals surface area contributed by atoms with Gasteiger partial charge >= 0.3 is 6.18 Å². The van der Waals surface area contributed by atoms with E-state index in [1.54, 1.807) is 6.07 Å². The van der Waals surface area contributed by atoms with Crippen molar-refractivity contribution in [2.45, 2.75) is 50.3 Å². The number of aliphatic hydroxyl groups is 1. The Morgan fingerprint density at radius 2 is 1.90 bits per heavy atom. The predicted molar refractivity (Wildman–Crippen MR) is 75.8 cm³/mol. The fourth-order valence-electron chi connectivity index (χ4n) is 3.21. The van der Waals surface area contributed by atoms with Crippen molar-refractivity contribution in [1.82, 2.24) is 0 Å². The van der Waals surface area contributed by atoms with Crippen LogP contribution in [0.15, 0.2) is 24.3 Å². The van der Waals surface area contributed by atoms with Gasteiger partial charge in [0.05, 0.1) is 11.7 Å². The maximum Gasteiger partial charge on any atom is 0.416 e. The highest BCUT2D eigenvalue weighted by Crippen LogP contribution is 2.34. The van der Waals surface area contributed by atoms with Crippen LogP contribution in [0.1, 0.15) is 49.1 Å². The van der Waals surface area contributed by atoms with Gasteiger partial charge in [0.2, 0.25) is 0 Å². The number of rotatable bonds is 5. The average molecular weight is 301 g/mol. The summed E-state index contributed by atoms with van der Waals surface area (Å²) in [5.74, 6) is 0.0350. The maximum atomic E-state index is 12.8. The molecule has 1 aliphatic carbocycles. The first kappa shape index (κ1) is 16.3. The summed E-state index contributed by atoms with van der Waals surface area (Å²) in [7, 11) is 0. The molecule has 0 heterocycles. The number of alkyl halides is 3. The summed E-state index contributed by atoms with van der Waals surface area (Å²) >= 11 is 0. The quantitative estimate of drug-likeness (QED) is 0.871. The standard InChI is InChI=1S/C16H22F3NO/c17-16(18,19)13-7-3-6-12(9-13)14(10-20)15(21)8-11-4-1-2-5-11/h3,6-7,9,11,14-15,21H,1-2,4-5,8,10,20H2. The van der Waals surface area contributed by atoms with E-state index >= 15 is 0 Å². The average Bonchev–Trinajstić information content (AvgIpc) is 2.92. The maximum absolute atomic E-state index is 12.8. The van der Waals surface area contributed by atoms with Gasteiger partial charge in [-0.3, -0.25) is 0 Å². The summed E-state index contributed by atoms with van der Waals surface area (Å²) in [5, 5.41) is 10.4. The summed E-state index contributed by atoms with van der Waals surface area (Å²) in [6, 6.07) is 5.14. The predicted octanol–water partition coefficient (Wildman–Crippen LogP) is 3.69. The molecule has 0 amide bonds. The zero-order valence-corrected chi connectivity index (χ0v) is 11.9. The Bertz CT molecular complexity index is 455. The van der Waals surface area contributed by atoms with Gasteiger partial charge < -0.3 is 10.8 Å². The topological polar surface area (TPSA) is 46.2 Å². The van der Waals surface area contributed by atoms with Crippen LogP contribution in [0.4, 0.5) is 13.2 Å². The van der Waals surface area contributed by atoms with Crippen LogP contribution in [0.2, 0.25) is 0 Å². The molecular weight excluding hydrogens is 279 g/mol. The van der Waals surface area contributed by atoms with Crippen LogP contribution in [-0.2, 0) is 6.18 Å². The molecule has 21 heavy (non-hydrogen) atoms. The molecule has 0 aliphatic heterocycles. The van der Waals surface area contributed by atoms with E-state index in [0.29, 0.717) is 17.9 Å². The van der Waals surface area contributed by atoms with Gasteiger partial charge in [-0.05, 0) is 24.0 Å². The van der Waals surface area contributed by atoms with Crippen LogP contribution >= 0.6 is 0 Å². The number of halogens is 3. The highest BCUT2D eigenvalue weighted by molar-refractivity contribution is 5.29. The summed E-state index contributed by atoms with van der Waals surface area (Å²) in [6.45, 7) is 0.148. The minimum atomic E-state index is -4.37. The summed E-state index contributed by atoms with van der Waals surface area (Å²) in [6.07, 6.45) is 0.113. The molecule has 3 N–H and O–H groups in total. The van der Waals surface area contributed by atoms with Gasteiger partial charge in [-0.2, -0.15) is 13.2 Å². The van der Waals surface area contributed by atoms with E-state index in [1.807, 2.05) is 0 Å². The van der Waals surface area contributed by atoms with E-state index in [-0.39, 0.29) is 6.54 Å². The molecule has 0 spiro atoms. The van der Waals surface area contributed by atoms with Gasteiger partial charge in [0.25, 0.3) is 0 Å². The first-order chi connectivity index (χ1) is 9.91. The molecule has 1 saturated carbocycles. The summed E-state index contributed by atoms with van der Waals surface area (Å²) in [4.78, 5) is 0. The fourth-order valence-corrected chi connectivity index (χ4v) is 3.21. The van der Waals surface area contributed by atoms with Crippen LogP contribution in [0, 0.1) is 5.92 Å². The molecule has 1 aliphatic rings. The second-order valence-corrected chi connectivity index (χ2v) is 5.92. The second-order valence-electron chi connectivity index (χ2n) is 5.92. The number of hydrogen-bond donors (Lipinski definition) is 2. The van der Waals surface area contributed by atoms with Crippen molar-refractivity contribution >= 4 is 0 Å². The number of benzene rings is 1. The summed E-state index contributed by atoms with van der Waals surface area (Å²) < 4.78 is 38.3. The lowest BCUT2D eigenvalue weighted by Crippen LogP contribution is -2.28. The van der Waals surface area contributed by atoms with E-state index in [1.165, 1.54) is 18.9 Å². The van der Waals surface area contributed by atoms with Crippen LogP contribution in [0.25, 0.3) is 0 Å².